The molecule has 1 fully saturated rings. The Labute approximate surface area is 157 Å². The molecule has 0 saturated carbocycles. The average molecular weight is 441 g/mol. The second kappa shape index (κ2) is 13.8. The molecule has 23 heavy (non-hydrogen) atoms. The van der Waals surface area contributed by atoms with Gasteiger partial charge in [0.1, 0.15) is 0 Å². The van der Waals surface area contributed by atoms with Gasteiger partial charge in [-0.1, -0.05) is 12.8 Å². The Morgan fingerprint density at radius 2 is 2.04 bits per heavy atom. The van der Waals surface area contributed by atoms with Crippen LogP contribution in [0.4, 0.5) is 0 Å². The standard InChI is InChI=1S/C16H31N3O3.HI/c1-3-17-16(19-12-10-14(20)13-19)18-11-8-6-5-7-9-15(21)22-4-2;/h14,20H,3-13H2,1-2H3,(H,17,18);1H/t14-;/m1./s1. The molecule has 1 aliphatic rings. The molecule has 1 saturated heterocycles. The van der Waals surface area contributed by atoms with Crippen LogP contribution in [-0.4, -0.2) is 60.8 Å². The molecule has 0 bridgehead atoms. The highest BCUT2D eigenvalue weighted by molar-refractivity contribution is 14.0. The van der Waals surface area contributed by atoms with Crippen LogP contribution in [0.3, 0.4) is 0 Å². The van der Waals surface area contributed by atoms with Crippen molar-refractivity contribution >= 4 is 35.9 Å². The maximum atomic E-state index is 11.2. The molecule has 0 radical (unpaired) electrons. The summed E-state index contributed by atoms with van der Waals surface area (Å²) in [6.45, 7) is 7.51. The van der Waals surface area contributed by atoms with Gasteiger partial charge in [0.25, 0.3) is 0 Å². The van der Waals surface area contributed by atoms with Gasteiger partial charge in [-0.2, -0.15) is 0 Å². The predicted octanol–water partition coefficient (Wildman–Crippen LogP) is 2.15. The molecule has 6 nitrogen and oxygen atoms in total. The van der Waals surface area contributed by atoms with Gasteiger partial charge in [-0.3, -0.25) is 9.79 Å². The summed E-state index contributed by atoms with van der Waals surface area (Å²) in [5.41, 5.74) is 0. The fraction of sp³-hybridized carbons (Fsp3) is 0.875. The molecule has 0 unspecified atom stereocenters. The lowest BCUT2D eigenvalue weighted by Gasteiger charge is -2.20. The van der Waals surface area contributed by atoms with Gasteiger partial charge < -0.3 is 20.1 Å². The van der Waals surface area contributed by atoms with Crippen LogP contribution < -0.4 is 5.32 Å². The van der Waals surface area contributed by atoms with Crippen LogP contribution in [0.2, 0.25) is 0 Å². The van der Waals surface area contributed by atoms with Gasteiger partial charge in [0.2, 0.25) is 0 Å². The van der Waals surface area contributed by atoms with Crippen molar-refractivity contribution in [2.24, 2.45) is 4.99 Å². The number of guanidine groups is 1. The highest BCUT2D eigenvalue weighted by atomic mass is 127. The van der Waals surface area contributed by atoms with E-state index in [0.29, 0.717) is 19.6 Å². The lowest BCUT2D eigenvalue weighted by molar-refractivity contribution is -0.143. The number of aliphatic hydroxyl groups excluding tert-OH is 1. The van der Waals surface area contributed by atoms with E-state index in [4.69, 9.17) is 4.74 Å². The number of likely N-dealkylation sites (tertiary alicyclic amines) is 1. The Morgan fingerprint density at radius 1 is 1.30 bits per heavy atom. The van der Waals surface area contributed by atoms with Crippen molar-refractivity contribution in [3.63, 3.8) is 0 Å². The van der Waals surface area contributed by atoms with Gasteiger partial charge in [0.15, 0.2) is 5.96 Å². The minimum absolute atomic E-state index is 0. The number of carbonyl (C=O) groups is 1. The summed E-state index contributed by atoms with van der Waals surface area (Å²) in [7, 11) is 0. The second-order valence-electron chi connectivity index (χ2n) is 5.59. The quantitative estimate of drug-likeness (QED) is 0.189. The van der Waals surface area contributed by atoms with Gasteiger partial charge in [0.05, 0.1) is 12.7 Å². The summed E-state index contributed by atoms with van der Waals surface area (Å²) in [5.74, 6) is 0.813. The van der Waals surface area contributed by atoms with E-state index in [9.17, 15) is 9.90 Å². The Balaban J connectivity index is 0.00000484. The third-order valence-corrected chi connectivity index (χ3v) is 3.65. The van der Waals surface area contributed by atoms with Crippen molar-refractivity contribution in [1.29, 1.82) is 0 Å². The minimum Gasteiger partial charge on any atom is -0.466 e. The van der Waals surface area contributed by atoms with E-state index in [1.807, 2.05) is 6.92 Å². The molecule has 0 aromatic heterocycles. The number of ether oxygens (including phenoxy) is 1. The van der Waals surface area contributed by atoms with Crippen LogP contribution in [-0.2, 0) is 9.53 Å². The van der Waals surface area contributed by atoms with Crippen molar-refractivity contribution in [3.8, 4) is 0 Å². The Morgan fingerprint density at radius 3 is 2.65 bits per heavy atom. The number of carbonyl (C=O) groups excluding carboxylic acids is 1. The monoisotopic (exact) mass is 441 g/mol. The van der Waals surface area contributed by atoms with Gasteiger partial charge in [-0.15, -0.1) is 24.0 Å². The molecule has 7 heteroatoms. The molecule has 0 aromatic carbocycles. The van der Waals surface area contributed by atoms with E-state index in [2.05, 4.69) is 22.1 Å². The minimum atomic E-state index is -0.230. The van der Waals surface area contributed by atoms with E-state index in [1.165, 1.54) is 0 Å². The van der Waals surface area contributed by atoms with Gasteiger partial charge >= 0.3 is 5.97 Å². The third kappa shape index (κ3) is 10.0. The van der Waals surface area contributed by atoms with Gasteiger partial charge in [0, 0.05) is 32.6 Å². The van der Waals surface area contributed by atoms with E-state index >= 15 is 0 Å². The SMILES string of the molecule is CCNC(=NCCCCCCC(=O)OCC)N1CC[C@@H](O)C1.I. The normalized spacial score (nSPS) is 17.8. The molecular formula is C16H32IN3O3. The molecular weight excluding hydrogens is 409 g/mol. The van der Waals surface area contributed by atoms with Crippen LogP contribution in [0.5, 0.6) is 0 Å². The topological polar surface area (TPSA) is 74.2 Å². The number of β-amino-alcohol motifs (C(OH)–C–C–N with tert-alkyl or cyclic N) is 1. The number of hydrogen-bond acceptors (Lipinski definition) is 4. The first-order valence-electron chi connectivity index (χ1n) is 8.54. The molecule has 0 spiro atoms. The number of nitrogens with zero attached hydrogens (tertiary/aromatic N) is 2. The van der Waals surface area contributed by atoms with Crippen LogP contribution >= 0.6 is 24.0 Å². The average Bonchev–Trinajstić information content (AvgIpc) is 2.92. The summed E-state index contributed by atoms with van der Waals surface area (Å²) in [6, 6.07) is 0. The first kappa shape index (κ1) is 22.4. The summed E-state index contributed by atoms with van der Waals surface area (Å²) in [4.78, 5) is 17.9. The molecule has 0 aromatic rings. The summed E-state index contributed by atoms with van der Waals surface area (Å²) < 4.78 is 4.90. The highest BCUT2D eigenvalue weighted by Gasteiger charge is 2.22. The zero-order valence-electron chi connectivity index (χ0n) is 14.4. The molecule has 1 atom stereocenters. The zero-order chi connectivity index (χ0) is 16.2. The summed E-state index contributed by atoms with van der Waals surface area (Å²) in [5, 5.41) is 12.9. The van der Waals surface area contributed by atoms with Crippen LogP contribution in [0.25, 0.3) is 0 Å². The largest absolute Gasteiger partial charge is 0.466 e. The van der Waals surface area contributed by atoms with Crippen molar-refractivity contribution in [2.45, 2.75) is 58.5 Å². The molecule has 0 amide bonds. The third-order valence-electron chi connectivity index (χ3n) is 3.65. The Hall–Kier alpha value is -0.570. The number of nitrogens with one attached hydrogen (secondary N) is 1. The summed E-state index contributed by atoms with van der Waals surface area (Å²) in [6.07, 6.45) is 5.13. The lowest BCUT2D eigenvalue weighted by Crippen LogP contribution is -2.40. The molecule has 136 valence electrons. The van der Waals surface area contributed by atoms with E-state index in [0.717, 1.165) is 57.7 Å². The van der Waals surface area contributed by atoms with E-state index < -0.39 is 0 Å². The van der Waals surface area contributed by atoms with Crippen molar-refractivity contribution in [1.82, 2.24) is 10.2 Å². The molecule has 2 N–H and O–H groups in total. The van der Waals surface area contributed by atoms with Crippen LogP contribution in [0.15, 0.2) is 4.99 Å². The maximum absolute atomic E-state index is 11.2. The Kier molecular flexibility index (Phi) is 13.5. The molecule has 1 heterocycles. The molecule has 1 rings (SSSR count). The number of hydrogen-bond donors (Lipinski definition) is 2. The number of esters is 1. The number of unbranched alkanes of at least 4 members (excludes halogenated alkanes) is 3. The number of aliphatic imine (C=N–C) groups is 1. The van der Waals surface area contributed by atoms with Crippen molar-refractivity contribution < 1.29 is 14.6 Å². The number of rotatable bonds is 9. The first-order chi connectivity index (χ1) is 10.7. The zero-order valence-corrected chi connectivity index (χ0v) is 16.8. The number of aliphatic hydroxyl groups is 1. The van der Waals surface area contributed by atoms with Crippen LogP contribution in [0.1, 0.15) is 52.4 Å². The van der Waals surface area contributed by atoms with Gasteiger partial charge in [-0.05, 0) is 33.1 Å². The fourth-order valence-electron chi connectivity index (χ4n) is 2.51. The van der Waals surface area contributed by atoms with Crippen molar-refractivity contribution in [2.75, 3.05) is 32.8 Å². The highest BCUT2D eigenvalue weighted by Crippen LogP contribution is 2.09. The van der Waals surface area contributed by atoms with Gasteiger partial charge in [-0.25, -0.2) is 0 Å². The van der Waals surface area contributed by atoms with E-state index in [-0.39, 0.29) is 36.0 Å². The Bertz CT molecular complexity index is 353. The van der Waals surface area contributed by atoms with Crippen molar-refractivity contribution in [3.05, 3.63) is 0 Å². The summed E-state index contributed by atoms with van der Waals surface area (Å²) >= 11 is 0. The fourth-order valence-corrected chi connectivity index (χ4v) is 2.51. The molecule has 0 aliphatic carbocycles. The maximum Gasteiger partial charge on any atom is 0.305 e. The predicted molar refractivity (Wildman–Crippen MR) is 103 cm³/mol. The van der Waals surface area contributed by atoms with Crippen LogP contribution in [0, 0.1) is 0 Å². The van der Waals surface area contributed by atoms with E-state index in [1.54, 1.807) is 0 Å². The smallest absolute Gasteiger partial charge is 0.305 e. The first-order valence-corrected chi connectivity index (χ1v) is 8.54. The second-order valence-corrected chi connectivity index (χ2v) is 5.59. The number of halogens is 1. The lowest BCUT2D eigenvalue weighted by atomic mass is 10.1. The molecule has 1 aliphatic heterocycles.